The SMILES string of the molecule is C=CCOC(=O)CCN(CCC(=O)O)C(=O)CCC(=O)NCCS(=O)(=O)[O-].[Na+]. The molecule has 0 heterocycles. The number of hydrogen-bond donors (Lipinski definition) is 2. The van der Waals surface area contributed by atoms with Gasteiger partial charge in [-0.25, -0.2) is 8.42 Å². The van der Waals surface area contributed by atoms with E-state index in [0.717, 1.165) is 4.90 Å². The van der Waals surface area contributed by atoms with Crippen molar-refractivity contribution in [3.63, 3.8) is 0 Å². The number of aliphatic carboxylic acids is 1. The molecule has 0 radical (unpaired) electrons. The van der Waals surface area contributed by atoms with Crippen LogP contribution in [0.25, 0.3) is 0 Å². The molecule has 0 aliphatic carbocycles. The fourth-order valence-corrected chi connectivity index (χ4v) is 2.18. The number of hydrogen-bond acceptors (Lipinski definition) is 8. The van der Waals surface area contributed by atoms with Gasteiger partial charge < -0.3 is 24.6 Å². The van der Waals surface area contributed by atoms with Crippen LogP contribution in [-0.4, -0.2) is 78.7 Å². The molecule has 28 heavy (non-hydrogen) atoms. The maximum atomic E-state index is 12.2. The standard InChI is InChI=1S/C15H24N2O9S.Na/c1-2-10-26-15(22)6-9-17(8-5-14(20)21)13(19)4-3-12(18)16-7-11-27(23,24)25;/h2H,1,3-11H2,(H,16,18)(H,20,21)(H,23,24,25);/q;+1/p-1. The average Bonchev–Trinajstić information content (AvgIpc) is 2.56. The molecule has 0 aliphatic heterocycles. The zero-order chi connectivity index (χ0) is 20.9. The van der Waals surface area contributed by atoms with Gasteiger partial charge in [0.25, 0.3) is 0 Å². The van der Waals surface area contributed by atoms with Gasteiger partial charge in [0.2, 0.25) is 11.8 Å². The van der Waals surface area contributed by atoms with Gasteiger partial charge in [-0.1, -0.05) is 12.7 Å². The predicted molar refractivity (Wildman–Crippen MR) is 91.4 cm³/mol. The molecule has 0 bridgehead atoms. The average molecular weight is 430 g/mol. The van der Waals surface area contributed by atoms with Gasteiger partial charge in [0, 0.05) is 32.5 Å². The minimum atomic E-state index is -4.45. The number of carboxylic acid groups (broad SMARTS) is 1. The van der Waals surface area contributed by atoms with Gasteiger partial charge in [0.15, 0.2) is 0 Å². The zero-order valence-electron chi connectivity index (χ0n) is 15.7. The molecule has 0 atom stereocenters. The van der Waals surface area contributed by atoms with Crippen LogP contribution in [-0.2, 0) is 34.0 Å². The molecule has 0 unspecified atom stereocenters. The fraction of sp³-hybridized carbons (Fsp3) is 0.600. The fourth-order valence-electron chi connectivity index (χ4n) is 1.82. The first kappa shape index (κ1) is 28.7. The van der Waals surface area contributed by atoms with E-state index in [9.17, 15) is 32.1 Å². The minimum absolute atomic E-state index is 0. The molecule has 0 fully saturated rings. The summed E-state index contributed by atoms with van der Waals surface area (Å²) in [5, 5.41) is 10.9. The van der Waals surface area contributed by atoms with Gasteiger partial charge in [-0.05, 0) is 0 Å². The molecular weight excluding hydrogens is 407 g/mol. The Morgan fingerprint density at radius 1 is 1.11 bits per heavy atom. The zero-order valence-corrected chi connectivity index (χ0v) is 18.5. The summed E-state index contributed by atoms with van der Waals surface area (Å²) in [5.74, 6) is -3.64. The Labute approximate surface area is 185 Å². The molecular formula is C15H23N2NaO9S. The monoisotopic (exact) mass is 430 g/mol. The van der Waals surface area contributed by atoms with Crippen LogP contribution in [0.5, 0.6) is 0 Å². The summed E-state index contributed by atoms with van der Waals surface area (Å²) < 4.78 is 36.1. The van der Waals surface area contributed by atoms with Crippen molar-refractivity contribution in [3.05, 3.63) is 12.7 Å². The van der Waals surface area contributed by atoms with E-state index in [1.807, 2.05) is 0 Å². The van der Waals surface area contributed by atoms with E-state index >= 15 is 0 Å². The van der Waals surface area contributed by atoms with Crippen molar-refractivity contribution >= 4 is 33.9 Å². The van der Waals surface area contributed by atoms with Crippen LogP contribution in [0.3, 0.4) is 0 Å². The maximum absolute atomic E-state index is 12.2. The van der Waals surface area contributed by atoms with Crippen LogP contribution in [0.4, 0.5) is 0 Å². The van der Waals surface area contributed by atoms with Gasteiger partial charge in [-0.15, -0.1) is 0 Å². The van der Waals surface area contributed by atoms with Crippen LogP contribution in [0.2, 0.25) is 0 Å². The summed E-state index contributed by atoms with van der Waals surface area (Å²) in [6.07, 6.45) is 0.356. The van der Waals surface area contributed by atoms with Gasteiger partial charge >= 0.3 is 41.5 Å². The van der Waals surface area contributed by atoms with E-state index in [1.54, 1.807) is 0 Å². The molecule has 13 heteroatoms. The number of carbonyl (C=O) groups is 4. The second kappa shape index (κ2) is 15.5. The van der Waals surface area contributed by atoms with Crippen LogP contribution in [0.15, 0.2) is 12.7 Å². The van der Waals surface area contributed by atoms with E-state index < -0.39 is 39.6 Å². The molecule has 0 aromatic carbocycles. The third-order valence-electron chi connectivity index (χ3n) is 3.14. The summed E-state index contributed by atoms with van der Waals surface area (Å²) in [6.45, 7) is 2.82. The van der Waals surface area contributed by atoms with Crippen molar-refractivity contribution in [3.8, 4) is 0 Å². The third kappa shape index (κ3) is 16.7. The first-order chi connectivity index (χ1) is 12.5. The quantitative estimate of drug-likeness (QED) is 0.120. The second-order valence-electron chi connectivity index (χ2n) is 5.36. The summed E-state index contributed by atoms with van der Waals surface area (Å²) in [5.41, 5.74) is 0. The Hall–Kier alpha value is -1.47. The minimum Gasteiger partial charge on any atom is -0.748 e. The second-order valence-corrected chi connectivity index (χ2v) is 6.88. The van der Waals surface area contributed by atoms with Crippen LogP contribution < -0.4 is 34.9 Å². The summed E-state index contributed by atoms with van der Waals surface area (Å²) in [7, 11) is -4.45. The van der Waals surface area contributed by atoms with Crippen LogP contribution >= 0.6 is 0 Å². The molecule has 0 saturated carbocycles. The number of amides is 2. The molecule has 0 spiro atoms. The van der Waals surface area contributed by atoms with E-state index in [2.05, 4.69) is 11.9 Å². The van der Waals surface area contributed by atoms with E-state index in [1.165, 1.54) is 6.08 Å². The van der Waals surface area contributed by atoms with Gasteiger partial charge in [0.1, 0.15) is 6.61 Å². The molecule has 0 aliphatic rings. The smallest absolute Gasteiger partial charge is 0.748 e. The Kier molecular flexibility index (Phi) is 15.9. The van der Waals surface area contributed by atoms with E-state index in [-0.39, 0.29) is 81.5 Å². The number of rotatable bonds is 14. The third-order valence-corrected chi connectivity index (χ3v) is 3.84. The van der Waals surface area contributed by atoms with Crippen molar-refractivity contribution in [1.29, 1.82) is 0 Å². The Morgan fingerprint density at radius 3 is 2.25 bits per heavy atom. The molecule has 0 saturated heterocycles. The largest absolute Gasteiger partial charge is 1.00 e. The van der Waals surface area contributed by atoms with Gasteiger partial charge in [-0.2, -0.15) is 0 Å². The molecule has 2 amide bonds. The molecule has 154 valence electrons. The van der Waals surface area contributed by atoms with E-state index in [4.69, 9.17) is 9.84 Å². The van der Waals surface area contributed by atoms with Crippen LogP contribution in [0.1, 0.15) is 25.7 Å². The number of carboxylic acids is 1. The van der Waals surface area contributed by atoms with Crippen molar-refractivity contribution in [2.45, 2.75) is 25.7 Å². The molecule has 2 N–H and O–H groups in total. The van der Waals surface area contributed by atoms with Gasteiger partial charge in [-0.3, -0.25) is 19.2 Å². The normalized spacial score (nSPS) is 10.3. The van der Waals surface area contributed by atoms with Crippen molar-refractivity contribution in [2.24, 2.45) is 0 Å². The first-order valence-corrected chi connectivity index (χ1v) is 9.59. The predicted octanol–water partition coefficient (Wildman–Crippen LogP) is -4.15. The Balaban J connectivity index is 0. The molecule has 0 rings (SSSR count). The molecule has 0 aromatic heterocycles. The maximum Gasteiger partial charge on any atom is 1.00 e. The Morgan fingerprint density at radius 2 is 1.71 bits per heavy atom. The van der Waals surface area contributed by atoms with Gasteiger partial charge in [0.05, 0.1) is 28.7 Å². The van der Waals surface area contributed by atoms with Crippen molar-refractivity contribution < 1.29 is 71.5 Å². The van der Waals surface area contributed by atoms with E-state index in [0.29, 0.717) is 0 Å². The number of esters is 1. The summed E-state index contributed by atoms with van der Waals surface area (Å²) in [4.78, 5) is 47.0. The molecule has 0 aromatic rings. The summed E-state index contributed by atoms with van der Waals surface area (Å²) >= 11 is 0. The van der Waals surface area contributed by atoms with Crippen molar-refractivity contribution in [2.75, 3.05) is 32.0 Å². The number of carbonyl (C=O) groups excluding carboxylic acids is 3. The Bertz CT molecular complexity index is 652. The first-order valence-electron chi connectivity index (χ1n) is 8.01. The van der Waals surface area contributed by atoms with Crippen molar-refractivity contribution in [1.82, 2.24) is 10.2 Å². The topological polar surface area (TPSA) is 170 Å². The summed E-state index contributed by atoms with van der Waals surface area (Å²) in [6, 6.07) is 0. The molecule has 11 nitrogen and oxygen atoms in total. The number of nitrogens with one attached hydrogen (secondary N) is 1. The van der Waals surface area contributed by atoms with Crippen LogP contribution in [0, 0.1) is 0 Å². The number of ether oxygens (including phenoxy) is 1. The number of nitrogens with zero attached hydrogens (tertiary/aromatic N) is 1.